The van der Waals surface area contributed by atoms with E-state index in [9.17, 15) is 9.59 Å². The summed E-state index contributed by atoms with van der Waals surface area (Å²) in [5.74, 6) is -0.140. The summed E-state index contributed by atoms with van der Waals surface area (Å²) in [7, 11) is 0. The largest absolute Gasteiger partial charge is 0.322 e. The molecule has 6 rings (SSSR count). The molecule has 7 heteroatoms. The Labute approximate surface area is 227 Å². The summed E-state index contributed by atoms with van der Waals surface area (Å²) < 4.78 is 2.12. The second kappa shape index (κ2) is 10.0. The highest BCUT2D eigenvalue weighted by Gasteiger charge is 2.40. The third kappa shape index (κ3) is 4.56. The number of aromatic nitrogens is 1. The van der Waals surface area contributed by atoms with Gasteiger partial charge in [-0.15, -0.1) is 0 Å². The number of halogens is 1. The number of carbonyl (C=O) groups is 2. The Morgan fingerprint density at radius 2 is 1.74 bits per heavy atom. The Morgan fingerprint density at radius 1 is 0.947 bits per heavy atom. The lowest BCUT2D eigenvalue weighted by Gasteiger charge is -2.39. The molecular formula is C31H29ClN4O2. The van der Waals surface area contributed by atoms with Crippen LogP contribution in [0.15, 0.2) is 91.1 Å². The third-order valence-electron chi connectivity index (χ3n) is 7.29. The summed E-state index contributed by atoms with van der Waals surface area (Å²) in [5, 5.41) is 3.63. The van der Waals surface area contributed by atoms with Crippen molar-refractivity contribution >= 4 is 34.9 Å². The minimum absolute atomic E-state index is 0.0178. The van der Waals surface area contributed by atoms with Gasteiger partial charge in [0.1, 0.15) is 12.6 Å². The molecule has 3 amide bonds. The standard InChI is InChI=1S/C31H29ClN4O2/c1-2-21-8-5-11-24(18-21)33-31(38)35(25-15-16-25)20-29(37)36-27-13-4-3-12-26(27)34-17-7-14-28(34)30(36)22-9-6-10-23(32)19-22/h3-14,17-19,25,30H,2,15-16,20H2,1H3,(H,33,38). The molecule has 0 radical (unpaired) electrons. The van der Waals surface area contributed by atoms with Crippen molar-refractivity contribution in [2.45, 2.75) is 38.3 Å². The van der Waals surface area contributed by atoms with Crippen molar-refractivity contribution in [1.29, 1.82) is 0 Å². The molecule has 1 aliphatic carbocycles. The van der Waals surface area contributed by atoms with Crippen molar-refractivity contribution < 1.29 is 9.59 Å². The van der Waals surface area contributed by atoms with Gasteiger partial charge in [0.2, 0.25) is 5.91 Å². The number of nitrogens with one attached hydrogen (secondary N) is 1. The van der Waals surface area contributed by atoms with Crippen LogP contribution in [0, 0.1) is 0 Å². The Hall–Kier alpha value is -4.03. The lowest BCUT2D eigenvalue weighted by Crippen LogP contribution is -2.48. The Kier molecular flexibility index (Phi) is 6.42. The van der Waals surface area contributed by atoms with Crippen LogP contribution in [0.25, 0.3) is 5.69 Å². The number of fused-ring (bicyclic) bond motifs is 3. The van der Waals surface area contributed by atoms with E-state index in [0.29, 0.717) is 5.02 Å². The summed E-state index contributed by atoms with van der Waals surface area (Å²) in [6.07, 6.45) is 4.69. The molecule has 3 aromatic carbocycles. The zero-order chi connectivity index (χ0) is 26.2. The van der Waals surface area contributed by atoms with E-state index in [1.165, 1.54) is 0 Å². The Balaban J connectivity index is 1.35. The zero-order valence-electron chi connectivity index (χ0n) is 21.2. The van der Waals surface area contributed by atoms with Crippen LogP contribution in [0.4, 0.5) is 16.2 Å². The number of anilines is 2. The van der Waals surface area contributed by atoms with Gasteiger partial charge < -0.3 is 14.8 Å². The van der Waals surface area contributed by atoms with Gasteiger partial charge in [0.25, 0.3) is 0 Å². The van der Waals surface area contributed by atoms with Gasteiger partial charge in [-0.1, -0.05) is 54.9 Å². The minimum atomic E-state index is -0.378. The third-order valence-corrected chi connectivity index (χ3v) is 7.53. The minimum Gasteiger partial charge on any atom is -0.316 e. The summed E-state index contributed by atoms with van der Waals surface area (Å²) in [6.45, 7) is 2.06. The monoisotopic (exact) mass is 524 g/mol. The van der Waals surface area contributed by atoms with Crippen LogP contribution in [0.1, 0.15) is 42.6 Å². The van der Waals surface area contributed by atoms with E-state index in [4.69, 9.17) is 11.6 Å². The van der Waals surface area contributed by atoms with Crippen LogP contribution in [0.5, 0.6) is 0 Å². The number of nitrogens with zero attached hydrogens (tertiary/aromatic N) is 3. The van der Waals surface area contributed by atoms with Gasteiger partial charge in [-0.25, -0.2) is 4.79 Å². The average Bonchev–Trinajstić information content (AvgIpc) is 3.65. The first-order chi connectivity index (χ1) is 18.5. The molecule has 0 bridgehead atoms. The van der Waals surface area contributed by atoms with E-state index in [-0.39, 0.29) is 30.6 Å². The molecule has 1 aromatic heterocycles. The highest BCUT2D eigenvalue weighted by atomic mass is 35.5. The fraction of sp³-hybridized carbons (Fsp3) is 0.226. The molecule has 1 unspecified atom stereocenters. The molecule has 192 valence electrons. The maximum absolute atomic E-state index is 14.2. The maximum Gasteiger partial charge on any atom is 0.322 e. The van der Waals surface area contributed by atoms with Gasteiger partial charge in [-0.05, 0) is 78.9 Å². The van der Waals surface area contributed by atoms with Crippen molar-refractivity contribution in [3.8, 4) is 5.69 Å². The summed E-state index contributed by atoms with van der Waals surface area (Å²) >= 11 is 6.40. The van der Waals surface area contributed by atoms with Crippen molar-refractivity contribution in [3.63, 3.8) is 0 Å². The van der Waals surface area contributed by atoms with Crippen LogP contribution < -0.4 is 10.2 Å². The van der Waals surface area contributed by atoms with Crippen molar-refractivity contribution in [2.75, 3.05) is 16.8 Å². The first-order valence-corrected chi connectivity index (χ1v) is 13.4. The molecule has 2 aliphatic rings. The quantitative estimate of drug-likeness (QED) is 0.300. The summed E-state index contributed by atoms with van der Waals surface area (Å²) in [4.78, 5) is 31.2. The van der Waals surface area contributed by atoms with Crippen molar-refractivity contribution in [3.05, 3.63) is 113 Å². The SMILES string of the molecule is CCc1cccc(NC(=O)N(CC(=O)N2c3ccccc3-n3cccc3C2c2cccc(Cl)c2)C2CC2)c1. The number of para-hydroxylation sites is 2. The highest BCUT2D eigenvalue weighted by molar-refractivity contribution is 6.30. The van der Waals surface area contributed by atoms with Crippen molar-refractivity contribution in [2.24, 2.45) is 0 Å². The van der Waals surface area contributed by atoms with E-state index < -0.39 is 0 Å². The fourth-order valence-corrected chi connectivity index (χ4v) is 5.49. The number of amides is 3. The summed E-state index contributed by atoms with van der Waals surface area (Å²) in [6, 6.07) is 26.8. The van der Waals surface area contributed by atoms with Crippen LogP contribution in [0.3, 0.4) is 0 Å². The number of aryl methyl sites for hydroxylation is 1. The lowest BCUT2D eigenvalue weighted by molar-refractivity contribution is -0.119. The predicted molar refractivity (Wildman–Crippen MR) is 151 cm³/mol. The molecule has 38 heavy (non-hydrogen) atoms. The zero-order valence-corrected chi connectivity index (χ0v) is 21.9. The Morgan fingerprint density at radius 3 is 2.50 bits per heavy atom. The van der Waals surface area contributed by atoms with E-state index in [1.807, 2.05) is 96.0 Å². The number of urea groups is 1. The van der Waals surface area contributed by atoms with Crippen molar-refractivity contribution in [1.82, 2.24) is 9.47 Å². The Bertz CT molecular complexity index is 1510. The van der Waals surface area contributed by atoms with E-state index >= 15 is 0 Å². The molecule has 1 atom stereocenters. The first-order valence-electron chi connectivity index (χ1n) is 13.0. The van der Waals surface area contributed by atoms with E-state index in [2.05, 4.69) is 16.8 Å². The second-order valence-corrected chi connectivity index (χ2v) is 10.3. The number of hydrogen-bond donors (Lipinski definition) is 1. The summed E-state index contributed by atoms with van der Waals surface area (Å²) in [5.41, 5.74) is 5.51. The van der Waals surface area contributed by atoms with Crippen LogP contribution in [-0.2, 0) is 11.2 Å². The molecule has 6 nitrogen and oxygen atoms in total. The topological polar surface area (TPSA) is 57.6 Å². The predicted octanol–water partition coefficient (Wildman–Crippen LogP) is 6.83. The van der Waals surface area contributed by atoms with E-state index in [1.54, 1.807) is 4.90 Å². The van der Waals surface area contributed by atoms with E-state index in [0.717, 1.165) is 53.1 Å². The molecule has 1 fully saturated rings. The van der Waals surface area contributed by atoms with Gasteiger partial charge in [-0.3, -0.25) is 9.69 Å². The van der Waals surface area contributed by atoms with Crippen LogP contribution in [0.2, 0.25) is 5.02 Å². The lowest BCUT2D eigenvalue weighted by atomic mass is 9.97. The number of benzene rings is 3. The second-order valence-electron chi connectivity index (χ2n) is 9.86. The molecule has 1 saturated carbocycles. The normalized spacial score (nSPS) is 15.9. The van der Waals surface area contributed by atoms with Gasteiger partial charge in [0.05, 0.1) is 17.1 Å². The highest BCUT2D eigenvalue weighted by Crippen LogP contribution is 2.43. The van der Waals surface area contributed by atoms with Crippen LogP contribution >= 0.6 is 11.6 Å². The molecule has 1 aliphatic heterocycles. The molecule has 0 saturated heterocycles. The maximum atomic E-state index is 14.2. The molecule has 0 spiro atoms. The van der Waals surface area contributed by atoms with Gasteiger partial charge >= 0.3 is 6.03 Å². The van der Waals surface area contributed by atoms with Gasteiger partial charge in [0, 0.05) is 22.9 Å². The number of carbonyl (C=O) groups excluding carboxylic acids is 2. The molecule has 4 aromatic rings. The molecule has 2 heterocycles. The van der Waals surface area contributed by atoms with Gasteiger partial charge in [-0.2, -0.15) is 0 Å². The molecular weight excluding hydrogens is 496 g/mol. The number of rotatable bonds is 6. The smallest absolute Gasteiger partial charge is 0.316 e. The number of hydrogen-bond acceptors (Lipinski definition) is 2. The fourth-order valence-electron chi connectivity index (χ4n) is 5.29. The average molecular weight is 525 g/mol. The van der Waals surface area contributed by atoms with Crippen LogP contribution in [-0.4, -0.2) is 34.0 Å². The first kappa shape index (κ1) is 24.3. The molecule has 1 N–H and O–H groups in total. The van der Waals surface area contributed by atoms with Gasteiger partial charge in [0.15, 0.2) is 0 Å².